The van der Waals surface area contributed by atoms with Crippen molar-refractivity contribution in [1.29, 1.82) is 0 Å². The molecule has 0 spiro atoms. The van der Waals surface area contributed by atoms with Crippen LogP contribution in [0.5, 0.6) is 0 Å². The highest BCUT2D eigenvalue weighted by Gasteiger charge is 2.12. The first-order valence-corrected chi connectivity index (χ1v) is 8.68. The van der Waals surface area contributed by atoms with Crippen LogP contribution in [0.3, 0.4) is 0 Å². The second-order valence-electron chi connectivity index (χ2n) is 5.27. The van der Waals surface area contributed by atoms with E-state index in [2.05, 4.69) is 34.3 Å². The summed E-state index contributed by atoms with van der Waals surface area (Å²) in [5.41, 5.74) is 7.96. The van der Waals surface area contributed by atoms with Gasteiger partial charge < -0.3 is 11.1 Å². The lowest BCUT2D eigenvalue weighted by molar-refractivity contribution is 0.868. The highest BCUT2D eigenvalue weighted by molar-refractivity contribution is 7.99. The van der Waals surface area contributed by atoms with Crippen molar-refractivity contribution in [2.75, 3.05) is 11.1 Å². The van der Waals surface area contributed by atoms with E-state index < -0.39 is 0 Å². The summed E-state index contributed by atoms with van der Waals surface area (Å²) < 4.78 is 0. The Kier molecular flexibility index (Phi) is 5.23. The summed E-state index contributed by atoms with van der Waals surface area (Å²) in [5.74, 6) is 0.637. The molecule has 1 aromatic heterocycles. The zero-order valence-electron chi connectivity index (χ0n) is 13.1. The first-order valence-electron chi connectivity index (χ1n) is 7.49. The van der Waals surface area contributed by atoms with Crippen molar-refractivity contribution in [2.45, 2.75) is 22.9 Å². The Bertz CT molecular complexity index is 809. The number of nitrogen functional groups attached to an aromatic ring is 1. The van der Waals surface area contributed by atoms with Gasteiger partial charge in [-0.3, -0.25) is 0 Å². The summed E-state index contributed by atoms with van der Waals surface area (Å²) in [6.07, 6.45) is 1.52. The third kappa shape index (κ3) is 3.99. The van der Waals surface area contributed by atoms with E-state index in [1.54, 1.807) is 0 Å². The average molecular weight is 357 g/mol. The van der Waals surface area contributed by atoms with Crippen molar-refractivity contribution in [3.63, 3.8) is 0 Å². The molecule has 4 nitrogen and oxygen atoms in total. The second kappa shape index (κ2) is 7.55. The van der Waals surface area contributed by atoms with Gasteiger partial charge in [-0.2, -0.15) is 0 Å². The van der Waals surface area contributed by atoms with Crippen LogP contribution in [-0.2, 0) is 0 Å². The Morgan fingerprint density at radius 3 is 2.46 bits per heavy atom. The van der Waals surface area contributed by atoms with Crippen LogP contribution >= 0.6 is 23.4 Å². The zero-order valence-corrected chi connectivity index (χ0v) is 14.7. The van der Waals surface area contributed by atoms with E-state index in [4.69, 9.17) is 17.3 Å². The molecular formula is C18H17ClN4S. The summed E-state index contributed by atoms with van der Waals surface area (Å²) in [7, 11) is 0. The molecule has 0 amide bonds. The lowest BCUT2D eigenvalue weighted by Crippen LogP contribution is -2.10. The quantitative estimate of drug-likeness (QED) is 0.627. The van der Waals surface area contributed by atoms with Crippen LogP contribution in [0.2, 0.25) is 5.02 Å². The van der Waals surface area contributed by atoms with Gasteiger partial charge in [-0.15, -0.1) is 0 Å². The van der Waals surface area contributed by atoms with Crippen LogP contribution in [0.4, 0.5) is 11.5 Å². The minimum Gasteiger partial charge on any atom is -0.394 e. The number of nitrogens with two attached hydrogens (primary N) is 1. The summed E-state index contributed by atoms with van der Waals surface area (Å²) in [6.45, 7) is 2.07. The molecule has 3 aromatic rings. The van der Waals surface area contributed by atoms with Crippen LogP contribution in [0, 0.1) is 0 Å². The van der Waals surface area contributed by atoms with Crippen LogP contribution in [0.15, 0.2) is 70.8 Å². The highest BCUT2D eigenvalue weighted by Crippen LogP contribution is 2.34. The fraction of sp³-hybridized carbons (Fsp3) is 0.111. The smallest absolute Gasteiger partial charge is 0.154 e. The fourth-order valence-electron chi connectivity index (χ4n) is 2.22. The van der Waals surface area contributed by atoms with Crippen LogP contribution in [0.1, 0.15) is 18.5 Å². The minimum absolute atomic E-state index is 0.0942. The molecule has 1 heterocycles. The molecule has 0 saturated carbocycles. The Labute approximate surface area is 150 Å². The number of nitrogens with zero attached hydrogens (tertiary/aromatic N) is 2. The van der Waals surface area contributed by atoms with Gasteiger partial charge in [0.05, 0.1) is 6.04 Å². The largest absolute Gasteiger partial charge is 0.394 e. The first kappa shape index (κ1) is 16.6. The first-order chi connectivity index (χ1) is 11.6. The van der Waals surface area contributed by atoms with Crippen molar-refractivity contribution in [2.24, 2.45) is 0 Å². The van der Waals surface area contributed by atoms with Crippen LogP contribution in [0.25, 0.3) is 0 Å². The van der Waals surface area contributed by atoms with Gasteiger partial charge in [0, 0.05) is 9.92 Å². The Balaban J connectivity index is 1.79. The molecule has 6 heteroatoms. The molecule has 0 aliphatic heterocycles. The third-order valence-electron chi connectivity index (χ3n) is 3.53. The molecular weight excluding hydrogens is 340 g/mol. The molecule has 3 N–H and O–H groups in total. The maximum atomic E-state index is 6.25. The summed E-state index contributed by atoms with van der Waals surface area (Å²) >= 11 is 7.40. The van der Waals surface area contributed by atoms with Crippen molar-refractivity contribution in [1.82, 2.24) is 9.97 Å². The second-order valence-corrected chi connectivity index (χ2v) is 6.77. The molecule has 0 aliphatic carbocycles. The normalized spacial score (nSPS) is 11.9. The van der Waals surface area contributed by atoms with Gasteiger partial charge >= 0.3 is 0 Å². The number of halogens is 1. The Morgan fingerprint density at radius 2 is 1.75 bits per heavy atom. The van der Waals surface area contributed by atoms with E-state index in [0.29, 0.717) is 16.5 Å². The third-order valence-corrected chi connectivity index (χ3v) is 4.81. The number of anilines is 2. The molecule has 3 rings (SSSR count). The van der Waals surface area contributed by atoms with Crippen molar-refractivity contribution >= 4 is 34.9 Å². The maximum absolute atomic E-state index is 6.25. The summed E-state index contributed by atoms with van der Waals surface area (Å²) in [5, 5.41) is 4.77. The number of nitrogens with one attached hydrogen (secondary N) is 1. The topological polar surface area (TPSA) is 63.8 Å². The van der Waals surface area contributed by atoms with E-state index in [1.165, 1.54) is 23.7 Å². The standard InChI is InChI=1S/C18H17ClN4S/c1-12(13-5-3-2-4-6-13)23-17-16(20)18(22-11-21-17)24-15-9-7-14(19)8-10-15/h2-12H,20H2,1H3,(H,21,22,23). The van der Waals surface area contributed by atoms with Crippen LogP contribution in [-0.4, -0.2) is 9.97 Å². The van der Waals surface area contributed by atoms with Gasteiger partial charge in [-0.05, 0) is 36.8 Å². The molecule has 0 saturated heterocycles. The maximum Gasteiger partial charge on any atom is 0.154 e. The number of hydrogen-bond donors (Lipinski definition) is 2. The SMILES string of the molecule is CC(Nc1ncnc(Sc2ccc(Cl)cc2)c1N)c1ccccc1. The number of benzene rings is 2. The van der Waals surface area contributed by atoms with E-state index in [0.717, 1.165) is 9.92 Å². The fourth-order valence-corrected chi connectivity index (χ4v) is 3.15. The molecule has 1 unspecified atom stereocenters. The number of hydrogen-bond acceptors (Lipinski definition) is 5. The minimum atomic E-state index is 0.0942. The monoisotopic (exact) mass is 356 g/mol. The Morgan fingerprint density at radius 1 is 1.04 bits per heavy atom. The lowest BCUT2D eigenvalue weighted by Gasteiger charge is -2.17. The van der Waals surface area contributed by atoms with Crippen LogP contribution < -0.4 is 11.1 Å². The number of rotatable bonds is 5. The average Bonchev–Trinajstić information content (AvgIpc) is 2.61. The summed E-state index contributed by atoms with van der Waals surface area (Å²) in [4.78, 5) is 9.59. The zero-order chi connectivity index (χ0) is 16.9. The van der Waals surface area contributed by atoms with Gasteiger partial charge in [0.1, 0.15) is 17.0 Å². The molecule has 0 fully saturated rings. The molecule has 1 atom stereocenters. The molecule has 0 aliphatic rings. The molecule has 0 bridgehead atoms. The molecule has 2 aromatic carbocycles. The van der Waals surface area contributed by atoms with Crippen molar-refractivity contribution < 1.29 is 0 Å². The van der Waals surface area contributed by atoms with Crippen molar-refractivity contribution in [3.05, 3.63) is 71.5 Å². The highest BCUT2D eigenvalue weighted by atomic mass is 35.5. The van der Waals surface area contributed by atoms with Gasteiger partial charge in [0.15, 0.2) is 5.82 Å². The number of aromatic nitrogens is 2. The van der Waals surface area contributed by atoms with E-state index in [1.807, 2.05) is 42.5 Å². The van der Waals surface area contributed by atoms with Gasteiger partial charge in [-0.1, -0.05) is 53.7 Å². The predicted octanol–water partition coefficient (Wildman–Crippen LogP) is 5.04. The van der Waals surface area contributed by atoms with E-state index in [9.17, 15) is 0 Å². The van der Waals surface area contributed by atoms with E-state index >= 15 is 0 Å². The Hall–Kier alpha value is -2.24. The molecule has 122 valence electrons. The lowest BCUT2D eigenvalue weighted by atomic mass is 10.1. The summed E-state index contributed by atoms with van der Waals surface area (Å²) in [6, 6.07) is 17.8. The van der Waals surface area contributed by atoms with Gasteiger partial charge in [0.2, 0.25) is 0 Å². The van der Waals surface area contributed by atoms with Crippen molar-refractivity contribution in [3.8, 4) is 0 Å². The van der Waals surface area contributed by atoms with E-state index in [-0.39, 0.29) is 6.04 Å². The molecule has 0 radical (unpaired) electrons. The van der Waals surface area contributed by atoms with Gasteiger partial charge in [0.25, 0.3) is 0 Å². The molecule has 24 heavy (non-hydrogen) atoms. The van der Waals surface area contributed by atoms with Gasteiger partial charge in [-0.25, -0.2) is 9.97 Å². The predicted molar refractivity (Wildman–Crippen MR) is 100 cm³/mol.